The van der Waals surface area contributed by atoms with Gasteiger partial charge < -0.3 is 19.7 Å². The molecule has 2 atom stereocenters. The van der Waals surface area contributed by atoms with E-state index in [1.165, 1.54) is 60.7 Å². The van der Waals surface area contributed by atoms with Crippen LogP contribution in [0.25, 0.3) is 0 Å². The lowest BCUT2D eigenvalue weighted by molar-refractivity contribution is -0.146. The van der Waals surface area contributed by atoms with E-state index in [2.05, 4.69) is 0 Å². The summed E-state index contributed by atoms with van der Waals surface area (Å²) in [4.78, 5) is 22.6. The molecule has 0 radical (unpaired) electrons. The van der Waals surface area contributed by atoms with Crippen LogP contribution in [0.15, 0.2) is 97.1 Å². The molecule has 0 amide bonds. The second kappa shape index (κ2) is 14.4. The van der Waals surface area contributed by atoms with Gasteiger partial charge in [-0.1, -0.05) is 59.6 Å². The predicted octanol–water partition coefficient (Wildman–Crippen LogP) is 9.13. The van der Waals surface area contributed by atoms with E-state index in [1.807, 2.05) is 0 Å². The molecule has 4 aromatic rings. The summed E-state index contributed by atoms with van der Waals surface area (Å²) in [7, 11) is 0. The van der Waals surface area contributed by atoms with Gasteiger partial charge in [0.15, 0.2) is 0 Å². The highest BCUT2D eigenvalue weighted by Crippen LogP contribution is 2.34. The van der Waals surface area contributed by atoms with Crippen LogP contribution in [0.1, 0.15) is 34.5 Å². The minimum atomic E-state index is -4.53. The molecule has 0 heterocycles. The van der Waals surface area contributed by atoms with Gasteiger partial charge in [-0.3, -0.25) is 0 Å². The Hall–Kier alpha value is -4.42. The first kappa shape index (κ1) is 34.1. The second-order valence-corrected chi connectivity index (χ2v) is 9.70. The summed E-state index contributed by atoms with van der Waals surface area (Å²) in [6.45, 7) is 0. The Labute approximate surface area is 256 Å². The Morgan fingerprint density at radius 3 is 1.16 bits per heavy atom. The number of aliphatic carboxylic acids is 2. The maximum Gasteiger partial charge on any atom is 0.416 e. The van der Waals surface area contributed by atoms with Crippen molar-refractivity contribution in [2.45, 2.75) is 24.6 Å². The molecule has 0 aliphatic carbocycles. The van der Waals surface area contributed by atoms with E-state index in [0.29, 0.717) is 10.0 Å². The molecule has 0 saturated heterocycles. The molecule has 0 bridgehead atoms. The van der Waals surface area contributed by atoms with E-state index in [0.717, 1.165) is 36.4 Å². The molecule has 0 saturated carbocycles. The molecule has 6 nitrogen and oxygen atoms in total. The largest absolute Gasteiger partial charge is 0.478 e. The van der Waals surface area contributed by atoms with Crippen molar-refractivity contribution in [1.29, 1.82) is 0 Å². The molecule has 4 aromatic carbocycles. The number of rotatable bonds is 8. The average Bonchev–Trinajstić information content (AvgIpc) is 2.95. The number of carbonyl (C=O) groups is 2. The first-order chi connectivity index (χ1) is 20.5. The fraction of sp³-hybridized carbons (Fsp3) is 0.133. The molecular formula is C30H20Cl2F6O6. The van der Waals surface area contributed by atoms with Crippen LogP contribution in [0.3, 0.4) is 0 Å². The molecule has 0 aromatic heterocycles. The normalized spacial score (nSPS) is 12.7. The summed E-state index contributed by atoms with van der Waals surface area (Å²) in [5.41, 5.74) is -1.28. The number of halogens is 8. The van der Waals surface area contributed by atoms with Crippen molar-refractivity contribution < 1.29 is 55.6 Å². The lowest BCUT2D eigenvalue weighted by Gasteiger charge is -2.16. The SMILES string of the molecule is O=C(O)C(Oc1cccc(C(F)(F)F)c1)c1ccc(Cl)cc1.O=C(O)C(Oc1cccc(C(F)(F)F)c1)c1ccc(Cl)cc1. The quantitative estimate of drug-likeness (QED) is 0.183. The van der Waals surface area contributed by atoms with E-state index < -0.39 is 47.6 Å². The fourth-order valence-corrected chi connectivity index (χ4v) is 3.81. The van der Waals surface area contributed by atoms with Crippen molar-refractivity contribution in [3.8, 4) is 11.5 Å². The van der Waals surface area contributed by atoms with Crippen LogP contribution in [0.4, 0.5) is 26.3 Å². The lowest BCUT2D eigenvalue weighted by Crippen LogP contribution is -2.18. The van der Waals surface area contributed by atoms with Crippen molar-refractivity contribution >= 4 is 35.1 Å². The van der Waals surface area contributed by atoms with Gasteiger partial charge in [-0.2, -0.15) is 26.3 Å². The van der Waals surface area contributed by atoms with E-state index in [9.17, 15) is 46.1 Å². The van der Waals surface area contributed by atoms with Crippen LogP contribution in [0.5, 0.6) is 11.5 Å². The van der Waals surface area contributed by atoms with Gasteiger partial charge in [-0.05, 0) is 60.7 Å². The molecule has 2 N–H and O–H groups in total. The third-order valence-corrected chi connectivity index (χ3v) is 6.13. The Kier molecular flexibility index (Phi) is 11.1. The van der Waals surface area contributed by atoms with Crippen LogP contribution in [-0.4, -0.2) is 22.2 Å². The maximum absolute atomic E-state index is 12.6. The summed E-state index contributed by atoms with van der Waals surface area (Å²) < 4.78 is 86.3. The number of ether oxygens (including phenoxy) is 2. The Balaban J connectivity index is 0.000000240. The van der Waals surface area contributed by atoms with Crippen molar-refractivity contribution in [3.63, 3.8) is 0 Å². The average molecular weight is 661 g/mol. The third-order valence-electron chi connectivity index (χ3n) is 5.62. The second-order valence-electron chi connectivity index (χ2n) is 8.83. The van der Waals surface area contributed by atoms with Gasteiger partial charge in [-0.15, -0.1) is 0 Å². The molecule has 14 heteroatoms. The van der Waals surface area contributed by atoms with Gasteiger partial charge in [-0.25, -0.2) is 9.59 Å². The van der Waals surface area contributed by atoms with E-state index in [-0.39, 0.29) is 22.6 Å². The first-order valence-corrected chi connectivity index (χ1v) is 12.9. The summed E-state index contributed by atoms with van der Waals surface area (Å²) >= 11 is 11.4. The van der Waals surface area contributed by atoms with Gasteiger partial charge in [0.1, 0.15) is 11.5 Å². The van der Waals surface area contributed by atoms with Crippen LogP contribution in [0.2, 0.25) is 10.0 Å². The van der Waals surface area contributed by atoms with E-state index in [1.54, 1.807) is 0 Å². The third kappa shape index (κ3) is 9.81. The minimum Gasteiger partial charge on any atom is -0.478 e. The van der Waals surface area contributed by atoms with Crippen molar-refractivity contribution in [2.75, 3.05) is 0 Å². The zero-order valence-corrected chi connectivity index (χ0v) is 23.5. The van der Waals surface area contributed by atoms with Crippen molar-refractivity contribution in [1.82, 2.24) is 0 Å². The van der Waals surface area contributed by atoms with Crippen LogP contribution in [0, 0.1) is 0 Å². The fourth-order valence-electron chi connectivity index (χ4n) is 3.56. The molecule has 2 unspecified atom stereocenters. The summed E-state index contributed by atoms with van der Waals surface area (Å²) in [6, 6.07) is 19.8. The number of hydrogen-bond donors (Lipinski definition) is 2. The van der Waals surface area contributed by atoms with Gasteiger partial charge in [0.2, 0.25) is 12.2 Å². The zero-order chi connectivity index (χ0) is 32.7. The molecule has 232 valence electrons. The van der Waals surface area contributed by atoms with Crippen LogP contribution in [-0.2, 0) is 21.9 Å². The van der Waals surface area contributed by atoms with Gasteiger partial charge in [0.25, 0.3) is 0 Å². The van der Waals surface area contributed by atoms with E-state index in [4.69, 9.17) is 32.7 Å². The van der Waals surface area contributed by atoms with Crippen LogP contribution < -0.4 is 9.47 Å². The number of carboxylic acids is 2. The minimum absolute atomic E-state index is 0.183. The van der Waals surface area contributed by atoms with Gasteiger partial charge in [0, 0.05) is 21.2 Å². The van der Waals surface area contributed by atoms with Crippen LogP contribution >= 0.6 is 23.2 Å². The molecule has 44 heavy (non-hydrogen) atoms. The Morgan fingerprint density at radius 2 is 0.886 bits per heavy atom. The number of benzene rings is 4. The predicted molar refractivity (Wildman–Crippen MR) is 148 cm³/mol. The standard InChI is InChI=1S/2C15H10ClF3O3/c2*16-11-6-4-9(5-7-11)13(14(20)21)22-12-3-1-2-10(8-12)15(17,18)19/h2*1-8,13H,(H,20,21). The smallest absolute Gasteiger partial charge is 0.416 e. The molecular weight excluding hydrogens is 641 g/mol. The Bertz CT molecular complexity index is 1460. The molecule has 0 fully saturated rings. The molecule has 0 spiro atoms. The number of hydrogen-bond acceptors (Lipinski definition) is 4. The van der Waals surface area contributed by atoms with Gasteiger partial charge in [0.05, 0.1) is 11.1 Å². The summed E-state index contributed by atoms with van der Waals surface area (Å²) in [5, 5.41) is 19.2. The lowest BCUT2D eigenvalue weighted by atomic mass is 10.1. The number of alkyl halides is 6. The summed E-state index contributed by atoms with van der Waals surface area (Å²) in [6.07, 6.45) is -11.9. The highest BCUT2D eigenvalue weighted by Gasteiger charge is 2.32. The van der Waals surface area contributed by atoms with Crippen molar-refractivity contribution in [2.24, 2.45) is 0 Å². The topological polar surface area (TPSA) is 93.1 Å². The zero-order valence-electron chi connectivity index (χ0n) is 21.9. The number of carboxylic acid groups (broad SMARTS) is 2. The van der Waals surface area contributed by atoms with E-state index >= 15 is 0 Å². The molecule has 0 aliphatic heterocycles. The van der Waals surface area contributed by atoms with Gasteiger partial charge >= 0.3 is 24.3 Å². The Morgan fingerprint density at radius 1 is 0.568 bits per heavy atom. The first-order valence-electron chi connectivity index (χ1n) is 12.2. The van der Waals surface area contributed by atoms with Crippen molar-refractivity contribution in [3.05, 3.63) is 129 Å². The molecule has 4 rings (SSSR count). The monoisotopic (exact) mass is 660 g/mol. The summed E-state index contributed by atoms with van der Waals surface area (Å²) in [5.74, 6) is -3.01. The highest BCUT2D eigenvalue weighted by atomic mass is 35.5. The maximum atomic E-state index is 12.6. The highest BCUT2D eigenvalue weighted by molar-refractivity contribution is 6.30. The molecule has 0 aliphatic rings.